The number of urea groups is 1. The van der Waals surface area contributed by atoms with Gasteiger partial charge in [0.05, 0.1) is 19.1 Å². The molecule has 3 atom stereocenters. The molecule has 2 aromatic carbocycles. The lowest BCUT2D eigenvalue weighted by Crippen LogP contribution is -2.46. The van der Waals surface area contributed by atoms with Crippen LogP contribution in [0.5, 0.6) is 0 Å². The van der Waals surface area contributed by atoms with Crippen LogP contribution in [0.25, 0.3) is 0 Å². The Morgan fingerprint density at radius 3 is 2.29 bits per heavy atom. The van der Waals surface area contributed by atoms with E-state index in [1.165, 1.54) is 12.0 Å². The molecule has 3 amide bonds. The first kappa shape index (κ1) is 19.4. The molecule has 7 nitrogen and oxygen atoms in total. The highest BCUT2D eigenvalue weighted by atomic mass is 16.5. The summed E-state index contributed by atoms with van der Waals surface area (Å²) >= 11 is 0. The Labute approximate surface area is 163 Å². The third kappa shape index (κ3) is 3.83. The van der Waals surface area contributed by atoms with Gasteiger partial charge in [-0.3, -0.25) is 9.59 Å². The molecular weight excluding hydrogens is 358 g/mol. The second-order valence-electron chi connectivity index (χ2n) is 6.84. The molecule has 28 heavy (non-hydrogen) atoms. The fourth-order valence-electron chi connectivity index (χ4n) is 3.64. The van der Waals surface area contributed by atoms with Gasteiger partial charge in [0.2, 0.25) is 5.91 Å². The van der Waals surface area contributed by atoms with Gasteiger partial charge in [-0.05, 0) is 31.0 Å². The van der Waals surface area contributed by atoms with Gasteiger partial charge in [-0.2, -0.15) is 0 Å². The highest BCUT2D eigenvalue weighted by Gasteiger charge is 2.50. The van der Waals surface area contributed by atoms with E-state index in [1.807, 2.05) is 49.4 Å². The second-order valence-corrected chi connectivity index (χ2v) is 6.84. The lowest BCUT2D eigenvalue weighted by Gasteiger charge is -2.30. The van der Waals surface area contributed by atoms with Crippen LogP contribution in [0.15, 0.2) is 54.6 Å². The number of nitrogens with zero attached hydrogens (tertiary/aromatic N) is 1. The minimum Gasteiger partial charge on any atom is -0.469 e. The molecule has 1 saturated heterocycles. The molecule has 1 heterocycles. The summed E-state index contributed by atoms with van der Waals surface area (Å²) in [5.74, 6) is -1.83. The highest BCUT2D eigenvalue weighted by molar-refractivity contribution is 5.95. The van der Waals surface area contributed by atoms with Crippen molar-refractivity contribution in [2.24, 2.45) is 11.7 Å². The number of likely N-dealkylation sites (tertiary alicyclic amines) is 1. The summed E-state index contributed by atoms with van der Waals surface area (Å²) in [6.45, 7) is 1.95. The number of hydrogen-bond donors (Lipinski definition) is 2. The number of esters is 1. The summed E-state index contributed by atoms with van der Waals surface area (Å²) in [4.78, 5) is 39.0. The molecule has 1 aliphatic rings. The van der Waals surface area contributed by atoms with Crippen LogP contribution in [-0.2, 0) is 14.3 Å². The zero-order valence-electron chi connectivity index (χ0n) is 15.8. The van der Waals surface area contributed by atoms with E-state index in [4.69, 9.17) is 10.5 Å². The number of carbonyl (C=O) groups is 3. The van der Waals surface area contributed by atoms with Crippen molar-refractivity contribution in [3.8, 4) is 0 Å². The molecule has 2 aromatic rings. The fraction of sp³-hybridized carbons (Fsp3) is 0.286. The number of hydrogen-bond acceptors (Lipinski definition) is 4. The van der Waals surface area contributed by atoms with Gasteiger partial charge >= 0.3 is 12.0 Å². The Morgan fingerprint density at radius 2 is 1.71 bits per heavy atom. The van der Waals surface area contributed by atoms with E-state index < -0.39 is 35.9 Å². The fourth-order valence-corrected chi connectivity index (χ4v) is 3.64. The van der Waals surface area contributed by atoms with Crippen molar-refractivity contribution in [1.82, 2.24) is 4.90 Å². The average Bonchev–Trinajstić information content (AvgIpc) is 3.11. The van der Waals surface area contributed by atoms with Gasteiger partial charge < -0.3 is 20.7 Å². The number of benzene rings is 2. The van der Waals surface area contributed by atoms with E-state index in [0.29, 0.717) is 5.69 Å². The molecule has 7 heteroatoms. The lowest BCUT2D eigenvalue weighted by molar-refractivity contribution is -0.146. The molecule has 0 radical (unpaired) electrons. The summed E-state index contributed by atoms with van der Waals surface area (Å²) in [5.41, 5.74) is 7.95. The molecular formula is C21H23N3O4. The first-order chi connectivity index (χ1) is 13.4. The number of ether oxygens (including phenoxy) is 1. The van der Waals surface area contributed by atoms with Gasteiger partial charge in [0.25, 0.3) is 0 Å². The topological polar surface area (TPSA) is 102 Å². The van der Waals surface area contributed by atoms with E-state index in [0.717, 1.165) is 11.1 Å². The maximum absolute atomic E-state index is 13.1. The van der Waals surface area contributed by atoms with Crippen molar-refractivity contribution in [3.05, 3.63) is 65.7 Å². The SMILES string of the molecule is COC(=O)C1CC(C(N)=O)N(C(=O)Nc2ccc(C)cc2)C1c1ccccc1. The number of amides is 3. The second kappa shape index (κ2) is 8.12. The molecule has 1 fully saturated rings. The number of methoxy groups -OCH3 is 1. The van der Waals surface area contributed by atoms with Crippen molar-refractivity contribution < 1.29 is 19.1 Å². The molecule has 0 bridgehead atoms. The molecule has 146 valence electrons. The van der Waals surface area contributed by atoms with Gasteiger partial charge in [-0.1, -0.05) is 48.0 Å². The molecule has 0 aromatic heterocycles. The standard InChI is InChI=1S/C21H23N3O4/c1-13-8-10-15(11-9-13)23-21(27)24-17(19(22)25)12-16(20(26)28-2)18(24)14-6-4-3-5-7-14/h3-11,16-18H,12H2,1-2H3,(H2,22,25)(H,23,27). The third-order valence-corrected chi connectivity index (χ3v) is 5.00. The Morgan fingerprint density at radius 1 is 1.07 bits per heavy atom. The molecule has 3 N–H and O–H groups in total. The van der Waals surface area contributed by atoms with Crippen molar-refractivity contribution in [2.75, 3.05) is 12.4 Å². The molecule has 1 aliphatic heterocycles. The van der Waals surface area contributed by atoms with Crippen molar-refractivity contribution in [2.45, 2.75) is 25.4 Å². The van der Waals surface area contributed by atoms with Crippen LogP contribution in [0.3, 0.4) is 0 Å². The van der Waals surface area contributed by atoms with Crippen molar-refractivity contribution in [3.63, 3.8) is 0 Å². The molecule has 3 unspecified atom stereocenters. The summed E-state index contributed by atoms with van der Waals surface area (Å²) in [6, 6.07) is 14.3. The van der Waals surface area contributed by atoms with Crippen molar-refractivity contribution in [1.29, 1.82) is 0 Å². The van der Waals surface area contributed by atoms with E-state index in [2.05, 4.69) is 5.32 Å². The Hall–Kier alpha value is -3.35. The van der Waals surface area contributed by atoms with Gasteiger partial charge in [0.1, 0.15) is 6.04 Å². The van der Waals surface area contributed by atoms with E-state index >= 15 is 0 Å². The average molecular weight is 381 g/mol. The van der Waals surface area contributed by atoms with Crippen LogP contribution in [0.2, 0.25) is 0 Å². The van der Waals surface area contributed by atoms with Crippen LogP contribution in [0, 0.1) is 12.8 Å². The zero-order valence-corrected chi connectivity index (χ0v) is 15.8. The minimum absolute atomic E-state index is 0.114. The van der Waals surface area contributed by atoms with E-state index in [9.17, 15) is 14.4 Å². The van der Waals surface area contributed by atoms with Gasteiger partial charge in [0.15, 0.2) is 0 Å². The van der Waals surface area contributed by atoms with E-state index in [1.54, 1.807) is 12.1 Å². The smallest absolute Gasteiger partial charge is 0.323 e. The van der Waals surface area contributed by atoms with Crippen LogP contribution < -0.4 is 11.1 Å². The number of rotatable bonds is 4. The molecule has 0 saturated carbocycles. The van der Waals surface area contributed by atoms with Crippen LogP contribution >= 0.6 is 0 Å². The number of primary amides is 1. The van der Waals surface area contributed by atoms with Crippen molar-refractivity contribution >= 4 is 23.6 Å². The number of nitrogens with two attached hydrogens (primary N) is 1. The van der Waals surface area contributed by atoms with E-state index in [-0.39, 0.29) is 6.42 Å². The summed E-state index contributed by atoms with van der Waals surface area (Å²) in [5, 5.41) is 2.80. The Bertz CT molecular complexity index is 867. The Balaban J connectivity index is 1.99. The largest absolute Gasteiger partial charge is 0.469 e. The normalized spacial score (nSPS) is 21.2. The predicted molar refractivity (Wildman–Crippen MR) is 104 cm³/mol. The lowest BCUT2D eigenvalue weighted by atomic mass is 9.93. The van der Waals surface area contributed by atoms with Crippen LogP contribution in [-0.4, -0.2) is 36.0 Å². The van der Waals surface area contributed by atoms with Gasteiger partial charge in [0, 0.05) is 5.69 Å². The highest BCUT2D eigenvalue weighted by Crippen LogP contribution is 2.42. The summed E-state index contributed by atoms with van der Waals surface area (Å²) < 4.78 is 4.92. The number of nitrogens with one attached hydrogen (secondary N) is 1. The number of aryl methyl sites for hydroxylation is 1. The summed E-state index contributed by atoms with van der Waals surface area (Å²) in [6.07, 6.45) is 0.114. The van der Waals surface area contributed by atoms with Gasteiger partial charge in [-0.25, -0.2) is 4.79 Å². The maximum Gasteiger partial charge on any atom is 0.323 e. The minimum atomic E-state index is -0.917. The summed E-state index contributed by atoms with van der Waals surface area (Å²) in [7, 11) is 1.29. The third-order valence-electron chi connectivity index (χ3n) is 5.00. The molecule has 3 rings (SSSR count). The number of carbonyl (C=O) groups excluding carboxylic acids is 3. The number of anilines is 1. The predicted octanol–water partition coefficient (Wildman–Crippen LogP) is 2.62. The maximum atomic E-state index is 13.1. The zero-order chi connectivity index (χ0) is 20.3. The quantitative estimate of drug-likeness (QED) is 0.795. The first-order valence-electron chi connectivity index (χ1n) is 9.00. The monoisotopic (exact) mass is 381 g/mol. The van der Waals surface area contributed by atoms with Gasteiger partial charge in [-0.15, -0.1) is 0 Å². The van der Waals surface area contributed by atoms with Crippen LogP contribution in [0.1, 0.15) is 23.6 Å². The molecule has 0 aliphatic carbocycles. The Kier molecular flexibility index (Phi) is 5.63. The molecule has 0 spiro atoms. The van der Waals surface area contributed by atoms with Crippen LogP contribution in [0.4, 0.5) is 10.5 Å². The first-order valence-corrected chi connectivity index (χ1v) is 9.00.